The number of carbonyl (C=O) groups is 1. The van der Waals surface area contributed by atoms with E-state index in [-0.39, 0.29) is 5.92 Å². The highest BCUT2D eigenvalue weighted by molar-refractivity contribution is 7.09. The number of rotatable bonds is 6. The highest BCUT2D eigenvalue weighted by Gasteiger charge is 2.39. The molecule has 1 atom stereocenters. The van der Waals surface area contributed by atoms with Gasteiger partial charge < -0.3 is 5.11 Å². The summed E-state index contributed by atoms with van der Waals surface area (Å²) in [5.74, 6) is -0.467. The molecule has 1 aliphatic heterocycles. The molecule has 0 bridgehead atoms. The largest absolute Gasteiger partial charge is 0.481 e. The van der Waals surface area contributed by atoms with Crippen LogP contribution >= 0.6 is 11.3 Å². The third kappa shape index (κ3) is 4.04. The van der Waals surface area contributed by atoms with Crippen LogP contribution in [0.2, 0.25) is 0 Å². The predicted molar refractivity (Wildman–Crippen MR) is 85.5 cm³/mol. The van der Waals surface area contributed by atoms with Crippen molar-refractivity contribution < 1.29 is 9.90 Å². The zero-order valence-electron chi connectivity index (χ0n) is 13.3. The molecular weight excluding hydrogens is 284 g/mol. The average Bonchev–Trinajstić information content (AvgIpc) is 2.86. The maximum absolute atomic E-state index is 11.4. The number of hydrogen-bond acceptors (Lipinski definition) is 4. The first-order valence-corrected chi connectivity index (χ1v) is 8.70. The van der Waals surface area contributed by atoms with Gasteiger partial charge in [0, 0.05) is 18.5 Å². The quantitative estimate of drug-likeness (QED) is 0.875. The molecule has 5 heteroatoms. The fourth-order valence-electron chi connectivity index (χ4n) is 2.94. The lowest BCUT2D eigenvalue weighted by Crippen LogP contribution is -2.44. The summed E-state index contributed by atoms with van der Waals surface area (Å²) >= 11 is 1.74. The minimum absolute atomic E-state index is 0.220. The van der Waals surface area contributed by atoms with Gasteiger partial charge in [-0.25, -0.2) is 4.98 Å². The topological polar surface area (TPSA) is 53.4 Å². The smallest absolute Gasteiger partial charge is 0.309 e. The number of piperidine rings is 1. The van der Waals surface area contributed by atoms with E-state index in [0.717, 1.165) is 51.0 Å². The Balaban J connectivity index is 1.96. The first-order chi connectivity index (χ1) is 9.93. The Morgan fingerprint density at radius 3 is 3.00 bits per heavy atom. The third-order valence-corrected chi connectivity index (χ3v) is 5.48. The number of carboxylic acid groups (broad SMARTS) is 1. The summed E-state index contributed by atoms with van der Waals surface area (Å²) in [5.41, 5.74) is 0.492. The van der Waals surface area contributed by atoms with Crippen molar-refractivity contribution in [1.82, 2.24) is 9.88 Å². The number of nitrogens with zero attached hydrogens (tertiary/aromatic N) is 2. The maximum Gasteiger partial charge on any atom is 0.309 e. The minimum atomic E-state index is -0.687. The number of carboxylic acids is 1. The van der Waals surface area contributed by atoms with Crippen molar-refractivity contribution in [2.45, 2.75) is 53.0 Å². The van der Waals surface area contributed by atoms with E-state index in [4.69, 9.17) is 0 Å². The van der Waals surface area contributed by atoms with E-state index < -0.39 is 11.4 Å². The lowest BCUT2D eigenvalue weighted by atomic mass is 9.74. The van der Waals surface area contributed by atoms with Gasteiger partial charge in [-0.2, -0.15) is 0 Å². The third-order valence-electron chi connectivity index (χ3n) is 4.53. The van der Waals surface area contributed by atoms with Crippen molar-refractivity contribution in [3.05, 3.63) is 16.1 Å². The van der Waals surface area contributed by atoms with E-state index in [9.17, 15) is 9.90 Å². The standard InChI is InChI=1S/C16H26N2O2S/c1-4-6-14-17-13(11-21-14)10-18-8-5-7-12(9-18)16(2,3)15(19)20/h11-12H,4-10H2,1-3H3,(H,19,20). The number of aryl methyl sites for hydroxylation is 1. The second-order valence-corrected chi connectivity index (χ2v) is 7.53. The molecular formula is C16H26N2O2S. The summed E-state index contributed by atoms with van der Waals surface area (Å²) in [6.45, 7) is 8.64. The molecule has 2 heterocycles. The Bertz CT molecular complexity index is 484. The van der Waals surface area contributed by atoms with Gasteiger partial charge in [-0.3, -0.25) is 9.69 Å². The number of aliphatic carboxylic acids is 1. The molecule has 0 saturated carbocycles. The molecule has 1 N–H and O–H groups in total. The van der Waals surface area contributed by atoms with Crippen LogP contribution in [0.3, 0.4) is 0 Å². The van der Waals surface area contributed by atoms with Gasteiger partial charge in [0.1, 0.15) is 0 Å². The number of thiazole rings is 1. The molecule has 1 fully saturated rings. The molecule has 0 spiro atoms. The van der Waals surface area contributed by atoms with Gasteiger partial charge in [0.05, 0.1) is 16.1 Å². The number of likely N-dealkylation sites (tertiary alicyclic amines) is 1. The van der Waals surface area contributed by atoms with Crippen LogP contribution in [0, 0.1) is 11.3 Å². The Morgan fingerprint density at radius 2 is 2.33 bits per heavy atom. The first kappa shape index (κ1) is 16.4. The van der Waals surface area contributed by atoms with E-state index >= 15 is 0 Å². The van der Waals surface area contributed by atoms with Crippen molar-refractivity contribution in [2.24, 2.45) is 11.3 Å². The van der Waals surface area contributed by atoms with Crippen LogP contribution in [0.4, 0.5) is 0 Å². The summed E-state index contributed by atoms with van der Waals surface area (Å²) < 4.78 is 0. The number of aromatic nitrogens is 1. The fraction of sp³-hybridized carbons (Fsp3) is 0.750. The molecule has 0 aromatic carbocycles. The molecule has 2 rings (SSSR count). The lowest BCUT2D eigenvalue weighted by molar-refractivity contribution is -0.151. The summed E-state index contributed by atoms with van der Waals surface area (Å²) in [6, 6.07) is 0. The molecule has 1 aromatic rings. The van der Waals surface area contributed by atoms with Crippen LogP contribution in [0.5, 0.6) is 0 Å². The first-order valence-electron chi connectivity index (χ1n) is 7.82. The maximum atomic E-state index is 11.4. The van der Waals surface area contributed by atoms with E-state index in [0.29, 0.717) is 0 Å². The zero-order valence-corrected chi connectivity index (χ0v) is 14.1. The molecule has 4 nitrogen and oxygen atoms in total. The van der Waals surface area contributed by atoms with Crippen molar-refractivity contribution >= 4 is 17.3 Å². The summed E-state index contributed by atoms with van der Waals surface area (Å²) in [6.07, 6.45) is 4.27. The Hall–Kier alpha value is -0.940. The van der Waals surface area contributed by atoms with Crippen molar-refractivity contribution in [2.75, 3.05) is 13.1 Å². The van der Waals surface area contributed by atoms with Gasteiger partial charge in [-0.15, -0.1) is 11.3 Å². The molecule has 1 unspecified atom stereocenters. The molecule has 1 aliphatic rings. The number of hydrogen-bond donors (Lipinski definition) is 1. The predicted octanol–water partition coefficient (Wildman–Crippen LogP) is 3.42. The molecule has 1 saturated heterocycles. The van der Waals surface area contributed by atoms with E-state index in [1.54, 1.807) is 11.3 Å². The van der Waals surface area contributed by atoms with Gasteiger partial charge in [-0.05, 0) is 52.0 Å². The second-order valence-electron chi connectivity index (χ2n) is 6.58. The fourth-order valence-corrected chi connectivity index (χ4v) is 3.83. The van der Waals surface area contributed by atoms with Crippen LogP contribution in [0.15, 0.2) is 5.38 Å². The summed E-state index contributed by atoms with van der Waals surface area (Å²) in [5, 5.41) is 12.8. The van der Waals surface area contributed by atoms with E-state index in [2.05, 4.69) is 22.2 Å². The van der Waals surface area contributed by atoms with E-state index in [1.165, 1.54) is 5.01 Å². The average molecular weight is 310 g/mol. The molecule has 0 aliphatic carbocycles. The van der Waals surface area contributed by atoms with Gasteiger partial charge in [-0.1, -0.05) is 6.92 Å². The highest BCUT2D eigenvalue weighted by Crippen LogP contribution is 2.34. The van der Waals surface area contributed by atoms with Crippen molar-refractivity contribution in [1.29, 1.82) is 0 Å². The van der Waals surface area contributed by atoms with Crippen molar-refractivity contribution in [3.63, 3.8) is 0 Å². The lowest BCUT2D eigenvalue weighted by Gasteiger charge is -2.39. The Morgan fingerprint density at radius 1 is 1.57 bits per heavy atom. The van der Waals surface area contributed by atoms with Gasteiger partial charge in [0.2, 0.25) is 0 Å². The minimum Gasteiger partial charge on any atom is -0.481 e. The van der Waals surface area contributed by atoms with Crippen LogP contribution in [-0.4, -0.2) is 34.0 Å². The molecule has 21 heavy (non-hydrogen) atoms. The van der Waals surface area contributed by atoms with Crippen LogP contribution in [-0.2, 0) is 17.8 Å². The van der Waals surface area contributed by atoms with Crippen molar-refractivity contribution in [3.8, 4) is 0 Å². The Kier molecular flexibility index (Phi) is 5.38. The summed E-state index contributed by atoms with van der Waals surface area (Å²) in [7, 11) is 0. The molecule has 1 aromatic heterocycles. The van der Waals surface area contributed by atoms with Crippen LogP contribution < -0.4 is 0 Å². The van der Waals surface area contributed by atoms with Gasteiger partial charge in [0.25, 0.3) is 0 Å². The Labute approximate surface area is 131 Å². The monoisotopic (exact) mass is 310 g/mol. The second kappa shape index (κ2) is 6.88. The normalized spacial score (nSPS) is 20.6. The molecule has 0 amide bonds. The van der Waals surface area contributed by atoms with Crippen LogP contribution in [0.1, 0.15) is 50.7 Å². The zero-order chi connectivity index (χ0) is 15.5. The van der Waals surface area contributed by atoms with Gasteiger partial charge in [0.15, 0.2) is 0 Å². The highest BCUT2D eigenvalue weighted by atomic mass is 32.1. The molecule has 118 valence electrons. The van der Waals surface area contributed by atoms with Gasteiger partial charge >= 0.3 is 5.97 Å². The SMILES string of the molecule is CCCc1nc(CN2CCCC(C(C)(C)C(=O)O)C2)cs1. The summed E-state index contributed by atoms with van der Waals surface area (Å²) in [4.78, 5) is 18.5. The van der Waals surface area contributed by atoms with Crippen LogP contribution in [0.25, 0.3) is 0 Å². The molecule has 0 radical (unpaired) electrons. The van der Waals surface area contributed by atoms with E-state index in [1.807, 2.05) is 13.8 Å².